The Morgan fingerprint density at radius 1 is 1.26 bits per heavy atom. The van der Waals surface area contributed by atoms with Crippen molar-refractivity contribution >= 4 is 27.8 Å². The number of hydrogen-bond acceptors (Lipinski definition) is 7. The maximum absolute atomic E-state index is 13.3. The minimum Gasteiger partial charge on any atom is -0.482 e. The first-order valence-corrected chi connectivity index (χ1v) is 13.4. The normalized spacial score (nSPS) is 15.7. The van der Waals surface area contributed by atoms with Crippen molar-refractivity contribution in [2.24, 2.45) is 0 Å². The van der Waals surface area contributed by atoms with Crippen molar-refractivity contribution in [3.8, 4) is 5.75 Å². The van der Waals surface area contributed by atoms with Crippen LogP contribution < -0.4 is 4.74 Å². The molecule has 8 nitrogen and oxygen atoms in total. The largest absolute Gasteiger partial charge is 0.482 e. The fourth-order valence-electron chi connectivity index (χ4n) is 3.38. The molecule has 2 aliphatic rings. The van der Waals surface area contributed by atoms with Gasteiger partial charge in [0.2, 0.25) is 0 Å². The number of benzene rings is 1. The van der Waals surface area contributed by atoms with Crippen molar-refractivity contribution in [2.75, 3.05) is 25.4 Å². The van der Waals surface area contributed by atoms with Crippen molar-refractivity contribution in [3.63, 3.8) is 0 Å². The lowest BCUT2D eigenvalue weighted by atomic mass is 10.0. The lowest BCUT2D eigenvalue weighted by molar-refractivity contribution is -0.139. The molecule has 10 heteroatoms. The predicted octanol–water partition coefficient (Wildman–Crippen LogP) is 4.56. The third-order valence-electron chi connectivity index (χ3n) is 5.05. The van der Waals surface area contributed by atoms with Crippen LogP contribution in [0.25, 0.3) is 0 Å². The number of ether oxygens (including phenoxy) is 3. The number of nitrogens with zero attached hydrogens (tertiary/aromatic N) is 1. The first kappa shape index (κ1) is 25.9. The molecule has 1 aromatic rings. The number of allylic oxidation sites excluding steroid dienone is 4. The summed E-state index contributed by atoms with van der Waals surface area (Å²) in [6.45, 7) is 4.01. The predicted molar refractivity (Wildman–Crippen MR) is 131 cm³/mol. The Kier molecular flexibility index (Phi) is 9.26. The number of thioether (sulfide) groups is 1. The summed E-state index contributed by atoms with van der Waals surface area (Å²) in [5.41, 5.74) is 1.71. The minimum absolute atomic E-state index is 0.213. The first-order valence-electron chi connectivity index (χ1n) is 11.0. The Bertz CT molecular complexity index is 1120. The second-order valence-corrected chi connectivity index (χ2v) is 10.7. The summed E-state index contributed by atoms with van der Waals surface area (Å²) in [7, 11) is -3.87. The average Bonchev–Trinajstić information content (AvgIpc) is 2.83. The van der Waals surface area contributed by atoms with Crippen molar-refractivity contribution in [3.05, 3.63) is 70.9 Å². The van der Waals surface area contributed by atoms with Crippen LogP contribution in [0.4, 0.5) is 0 Å². The van der Waals surface area contributed by atoms with Gasteiger partial charge < -0.3 is 19.3 Å². The van der Waals surface area contributed by atoms with Gasteiger partial charge in [0, 0.05) is 23.7 Å². The van der Waals surface area contributed by atoms with Gasteiger partial charge in [-0.2, -0.15) is 4.31 Å². The Balaban J connectivity index is 1.61. The van der Waals surface area contributed by atoms with Crippen LogP contribution in [0, 0.1) is 6.92 Å². The Morgan fingerprint density at radius 3 is 2.76 bits per heavy atom. The smallest absolute Gasteiger partial charge is 0.341 e. The van der Waals surface area contributed by atoms with Crippen molar-refractivity contribution in [1.82, 2.24) is 4.31 Å². The molecule has 34 heavy (non-hydrogen) atoms. The van der Waals surface area contributed by atoms with Crippen LogP contribution in [0.15, 0.2) is 70.3 Å². The van der Waals surface area contributed by atoms with E-state index in [-0.39, 0.29) is 5.09 Å². The zero-order valence-electron chi connectivity index (χ0n) is 19.2. The molecule has 0 aromatic heterocycles. The van der Waals surface area contributed by atoms with E-state index < -0.39 is 22.6 Å². The third kappa shape index (κ3) is 6.91. The molecule has 1 aromatic carbocycles. The lowest BCUT2D eigenvalue weighted by Gasteiger charge is -2.25. The number of aliphatic carboxylic acids is 1. The van der Waals surface area contributed by atoms with Crippen LogP contribution >= 0.6 is 11.8 Å². The highest BCUT2D eigenvalue weighted by molar-refractivity contribution is 7.99. The quantitative estimate of drug-likeness (QED) is 0.411. The van der Waals surface area contributed by atoms with Gasteiger partial charge in [-0.05, 0) is 55.5 Å². The van der Waals surface area contributed by atoms with Gasteiger partial charge in [-0.3, -0.25) is 0 Å². The molecule has 1 aliphatic carbocycles. The van der Waals surface area contributed by atoms with Gasteiger partial charge in [-0.25, -0.2) is 13.2 Å². The highest BCUT2D eigenvalue weighted by Crippen LogP contribution is 2.30. The first-order chi connectivity index (χ1) is 16.3. The summed E-state index contributed by atoms with van der Waals surface area (Å²) in [6.07, 6.45) is 10.7. The Hall–Kier alpha value is -2.69. The number of carbonyl (C=O) groups is 1. The summed E-state index contributed by atoms with van der Waals surface area (Å²) < 4.78 is 44.3. The maximum Gasteiger partial charge on any atom is 0.341 e. The molecule has 184 valence electrons. The van der Waals surface area contributed by atoms with Gasteiger partial charge in [0.15, 0.2) is 12.4 Å². The Morgan fingerprint density at radius 2 is 2.09 bits per heavy atom. The molecule has 0 atom stereocenters. The van der Waals surface area contributed by atoms with Crippen molar-refractivity contribution < 1.29 is 32.5 Å². The number of carboxylic acid groups (broad SMARTS) is 1. The maximum atomic E-state index is 13.3. The zero-order chi connectivity index (χ0) is 24.6. The molecule has 0 saturated heterocycles. The van der Waals surface area contributed by atoms with Crippen LogP contribution in [0.2, 0.25) is 0 Å². The minimum atomic E-state index is -3.87. The molecule has 0 spiro atoms. The highest BCUT2D eigenvalue weighted by atomic mass is 32.2. The van der Waals surface area contributed by atoms with Gasteiger partial charge in [-0.1, -0.05) is 25.2 Å². The molecule has 0 unspecified atom stereocenters. The fraction of sp³-hybridized carbons (Fsp3) is 0.375. The van der Waals surface area contributed by atoms with Crippen molar-refractivity contribution in [1.29, 1.82) is 0 Å². The standard InChI is InChI=1S/C24H29NO7S2/c1-3-11-25(12-13-33-20-9-10-21(18(2)14-20)31-16-23(26)27)34(28,29)24-17-30-15-22(32-24)19-7-5-4-6-8-19/h4-5,7,9-10,14-15,17H,3,6,8,11-13,16H2,1-2H3,(H,26,27). The van der Waals surface area contributed by atoms with E-state index in [1.807, 2.05) is 44.2 Å². The summed E-state index contributed by atoms with van der Waals surface area (Å²) in [6, 6.07) is 5.45. The molecule has 0 radical (unpaired) electrons. The van der Waals surface area contributed by atoms with Gasteiger partial charge in [0.25, 0.3) is 15.1 Å². The van der Waals surface area contributed by atoms with Crippen LogP contribution in [0.1, 0.15) is 31.7 Å². The SMILES string of the molecule is CCCN(CCSc1ccc(OCC(=O)O)c(C)c1)S(=O)(=O)C1=COC=C(C2=CC=CCC2)O1. The molecule has 3 rings (SSSR count). The van der Waals surface area contributed by atoms with E-state index in [0.717, 1.165) is 35.1 Å². The van der Waals surface area contributed by atoms with Crippen LogP contribution in [0.3, 0.4) is 0 Å². The summed E-state index contributed by atoms with van der Waals surface area (Å²) >= 11 is 1.51. The van der Waals surface area contributed by atoms with E-state index in [0.29, 0.717) is 36.8 Å². The second kappa shape index (κ2) is 12.1. The number of hydrogen-bond donors (Lipinski definition) is 1. The average molecular weight is 508 g/mol. The van der Waals surface area contributed by atoms with E-state index in [9.17, 15) is 13.2 Å². The third-order valence-corrected chi connectivity index (χ3v) is 7.76. The van der Waals surface area contributed by atoms with Crippen LogP contribution in [0.5, 0.6) is 5.75 Å². The zero-order valence-corrected chi connectivity index (χ0v) is 20.9. The number of carboxylic acids is 1. The van der Waals surface area contributed by atoms with Gasteiger partial charge >= 0.3 is 5.97 Å². The second-order valence-electron chi connectivity index (χ2n) is 7.68. The van der Waals surface area contributed by atoms with E-state index >= 15 is 0 Å². The number of rotatable bonds is 12. The van der Waals surface area contributed by atoms with Gasteiger partial charge in [0.05, 0.1) is 0 Å². The van der Waals surface area contributed by atoms with Crippen molar-refractivity contribution in [2.45, 2.75) is 38.0 Å². The molecule has 1 heterocycles. The van der Waals surface area contributed by atoms with Crippen LogP contribution in [-0.4, -0.2) is 49.2 Å². The molecular weight excluding hydrogens is 478 g/mol. The highest BCUT2D eigenvalue weighted by Gasteiger charge is 2.31. The van der Waals surface area contributed by atoms with Crippen LogP contribution in [-0.2, 0) is 24.3 Å². The van der Waals surface area contributed by atoms with E-state index in [1.54, 1.807) is 6.07 Å². The summed E-state index contributed by atoms with van der Waals surface area (Å²) in [4.78, 5) is 11.6. The van der Waals surface area contributed by atoms with E-state index in [1.165, 1.54) is 22.3 Å². The summed E-state index contributed by atoms with van der Waals surface area (Å²) in [5, 5.41) is 8.55. The van der Waals surface area contributed by atoms with E-state index in [4.69, 9.17) is 19.3 Å². The number of aryl methyl sites for hydroxylation is 1. The molecule has 0 fully saturated rings. The molecule has 0 bridgehead atoms. The topological polar surface area (TPSA) is 102 Å². The summed E-state index contributed by atoms with van der Waals surface area (Å²) in [5.74, 6) is 0.418. The fourth-order valence-corrected chi connectivity index (χ4v) is 5.85. The molecule has 1 aliphatic heterocycles. The Labute approximate surface area is 204 Å². The molecule has 1 N–H and O–H groups in total. The van der Waals surface area contributed by atoms with E-state index in [2.05, 4.69) is 0 Å². The monoisotopic (exact) mass is 507 g/mol. The lowest BCUT2D eigenvalue weighted by Crippen LogP contribution is -2.35. The number of sulfonamides is 1. The van der Waals surface area contributed by atoms with Gasteiger partial charge in [0.1, 0.15) is 18.3 Å². The molecular formula is C24H29NO7S2. The van der Waals surface area contributed by atoms with Gasteiger partial charge in [-0.15, -0.1) is 11.8 Å². The molecule has 0 amide bonds. The molecule has 0 saturated carbocycles.